The molecule has 0 unspecified atom stereocenters. The molecule has 2 N–H and O–H groups in total. The van der Waals surface area contributed by atoms with Gasteiger partial charge in [-0.05, 0) is 55.0 Å². The average molecular weight is 596 g/mol. The number of carbonyl (C=O) groups is 2. The van der Waals surface area contributed by atoms with Crippen molar-refractivity contribution < 1.29 is 42.1 Å². The molecule has 0 aromatic heterocycles. The van der Waals surface area contributed by atoms with Crippen molar-refractivity contribution in [2.75, 3.05) is 11.9 Å². The molecule has 0 aliphatic carbocycles. The number of non-ortho nitro benzene ring substituents is 1. The van der Waals surface area contributed by atoms with Gasteiger partial charge in [0.25, 0.3) is 5.69 Å². The van der Waals surface area contributed by atoms with Crippen molar-refractivity contribution >= 4 is 46.7 Å². The zero-order chi connectivity index (χ0) is 30.3. The van der Waals surface area contributed by atoms with Gasteiger partial charge in [-0.25, -0.2) is 5.43 Å². The number of carbonyl (C=O) groups excluding carboxylic acids is 2. The number of nitro groups is 2. The number of halogens is 4. The van der Waals surface area contributed by atoms with E-state index in [9.17, 15) is 43.0 Å². The number of alkyl halides is 3. The number of anilines is 1. The SMILES string of the molecule is CCOc1cc(C=NNC(=O)C(=O)Nc2cc(C(F)(F)F)ccc2Cl)ccc1Oc1ccc([N+](=O)[O-])cc1[N+](=O)[O-]. The molecule has 214 valence electrons. The minimum Gasteiger partial charge on any atom is -0.490 e. The van der Waals surface area contributed by atoms with Gasteiger partial charge < -0.3 is 14.8 Å². The lowest BCUT2D eigenvalue weighted by Crippen LogP contribution is -2.32. The topological polar surface area (TPSA) is 175 Å². The first-order chi connectivity index (χ1) is 19.3. The molecule has 17 heteroatoms. The van der Waals surface area contributed by atoms with Gasteiger partial charge in [0.05, 0.1) is 45.0 Å². The van der Waals surface area contributed by atoms with E-state index >= 15 is 0 Å². The van der Waals surface area contributed by atoms with Gasteiger partial charge in [-0.2, -0.15) is 18.3 Å². The van der Waals surface area contributed by atoms with Gasteiger partial charge in [0.2, 0.25) is 5.75 Å². The summed E-state index contributed by atoms with van der Waals surface area (Å²) in [5, 5.41) is 27.7. The number of nitrogens with one attached hydrogen (secondary N) is 2. The fourth-order valence-electron chi connectivity index (χ4n) is 3.12. The van der Waals surface area contributed by atoms with Gasteiger partial charge in [0, 0.05) is 6.07 Å². The van der Waals surface area contributed by atoms with Gasteiger partial charge in [0.15, 0.2) is 11.5 Å². The number of rotatable bonds is 9. The van der Waals surface area contributed by atoms with Crippen LogP contribution in [0.4, 0.5) is 30.2 Å². The lowest BCUT2D eigenvalue weighted by atomic mass is 10.2. The number of hydrogen-bond donors (Lipinski definition) is 2. The smallest absolute Gasteiger partial charge is 0.416 e. The minimum absolute atomic E-state index is 0.0160. The number of hydrogen-bond acceptors (Lipinski definition) is 9. The van der Waals surface area contributed by atoms with Gasteiger partial charge in [-0.3, -0.25) is 29.8 Å². The first-order valence-electron chi connectivity index (χ1n) is 11.2. The Morgan fingerprint density at radius 3 is 2.32 bits per heavy atom. The molecule has 0 saturated carbocycles. The zero-order valence-corrected chi connectivity index (χ0v) is 21.4. The maximum Gasteiger partial charge on any atom is 0.416 e. The average Bonchev–Trinajstić information content (AvgIpc) is 2.90. The van der Waals surface area contributed by atoms with Crippen molar-refractivity contribution in [1.29, 1.82) is 0 Å². The second-order valence-electron chi connectivity index (χ2n) is 7.75. The first-order valence-corrected chi connectivity index (χ1v) is 11.6. The predicted octanol–water partition coefficient (Wildman–Crippen LogP) is 5.46. The lowest BCUT2D eigenvalue weighted by Gasteiger charge is -2.12. The molecule has 0 fully saturated rings. The standard InChI is InChI=1S/C24H17ClF3N5O8/c1-2-40-21-9-13(3-7-20(21)41-19-8-5-15(32(36)37)11-18(19)33(38)39)12-29-31-23(35)22(34)30-17-10-14(24(26,27)28)4-6-16(17)25/h3-12H,2H2,1H3,(H,30,34)(H,31,35). The third kappa shape index (κ3) is 7.89. The number of nitro benzene ring substituents is 2. The fraction of sp³-hybridized carbons (Fsp3) is 0.125. The Kier molecular flexibility index (Phi) is 9.41. The first kappa shape index (κ1) is 30.3. The third-order valence-electron chi connectivity index (χ3n) is 4.97. The van der Waals surface area contributed by atoms with E-state index in [4.69, 9.17) is 21.1 Å². The number of nitrogens with zero attached hydrogens (tertiary/aromatic N) is 3. The Morgan fingerprint density at radius 1 is 0.976 bits per heavy atom. The molecule has 13 nitrogen and oxygen atoms in total. The molecule has 41 heavy (non-hydrogen) atoms. The van der Waals surface area contributed by atoms with Crippen molar-refractivity contribution in [3.05, 3.63) is 91.0 Å². The van der Waals surface area contributed by atoms with Crippen molar-refractivity contribution in [2.45, 2.75) is 13.1 Å². The molecular weight excluding hydrogens is 579 g/mol. The number of benzene rings is 3. The van der Waals surface area contributed by atoms with E-state index in [1.54, 1.807) is 6.92 Å². The molecule has 0 spiro atoms. The molecule has 3 rings (SSSR count). The van der Waals surface area contributed by atoms with Crippen LogP contribution in [0.3, 0.4) is 0 Å². The van der Waals surface area contributed by atoms with E-state index in [0.29, 0.717) is 17.7 Å². The summed E-state index contributed by atoms with van der Waals surface area (Å²) in [5.41, 5.74) is -0.467. The van der Waals surface area contributed by atoms with Crippen LogP contribution in [0.25, 0.3) is 0 Å². The van der Waals surface area contributed by atoms with E-state index in [1.807, 2.05) is 10.7 Å². The summed E-state index contributed by atoms with van der Waals surface area (Å²) < 4.78 is 49.8. The molecule has 0 radical (unpaired) electrons. The highest BCUT2D eigenvalue weighted by Crippen LogP contribution is 2.38. The molecule has 0 atom stereocenters. The van der Waals surface area contributed by atoms with Gasteiger partial charge in [0.1, 0.15) is 0 Å². The maximum absolute atomic E-state index is 12.9. The van der Waals surface area contributed by atoms with E-state index in [1.165, 1.54) is 18.2 Å². The van der Waals surface area contributed by atoms with Crippen LogP contribution in [-0.2, 0) is 15.8 Å². The Labute approximate surface area is 232 Å². The molecule has 0 bridgehead atoms. The van der Waals surface area contributed by atoms with Crippen LogP contribution in [0.2, 0.25) is 5.02 Å². The van der Waals surface area contributed by atoms with E-state index < -0.39 is 50.5 Å². The molecule has 3 aromatic carbocycles. The highest BCUT2D eigenvalue weighted by molar-refractivity contribution is 6.41. The Bertz CT molecular complexity index is 1550. The predicted molar refractivity (Wildman–Crippen MR) is 138 cm³/mol. The summed E-state index contributed by atoms with van der Waals surface area (Å²) in [7, 11) is 0. The zero-order valence-electron chi connectivity index (χ0n) is 20.6. The van der Waals surface area contributed by atoms with Gasteiger partial charge >= 0.3 is 23.7 Å². The molecule has 3 aromatic rings. The summed E-state index contributed by atoms with van der Waals surface area (Å²) in [6.45, 7) is 1.79. The second-order valence-corrected chi connectivity index (χ2v) is 8.16. The fourth-order valence-corrected chi connectivity index (χ4v) is 3.28. The van der Waals surface area contributed by atoms with Crippen LogP contribution < -0.4 is 20.2 Å². The minimum atomic E-state index is -4.70. The summed E-state index contributed by atoms with van der Waals surface area (Å²) in [6, 6.07) is 9.18. The summed E-state index contributed by atoms with van der Waals surface area (Å²) in [5.74, 6) is -2.84. The summed E-state index contributed by atoms with van der Waals surface area (Å²) >= 11 is 5.80. The molecular formula is C24H17ClF3N5O8. The van der Waals surface area contributed by atoms with E-state index in [-0.39, 0.29) is 28.9 Å². The van der Waals surface area contributed by atoms with Crippen molar-refractivity contribution in [1.82, 2.24) is 5.43 Å². The van der Waals surface area contributed by atoms with Gasteiger partial charge in [-0.15, -0.1) is 0 Å². The van der Waals surface area contributed by atoms with Crippen molar-refractivity contribution in [3.63, 3.8) is 0 Å². The normalized spacial score (nSPS) is 11.1. The highest BCUT2D eigenvalue weighted by Gasteiger charge is 2.31. The molecule has 0 saturated heterocycles. The van der Waals surface area contributed by atoms with Crippen LogP contribution in [0, 0.1) is 20.2 Å². The molecule has 0 aliphatic heterocycles. The number of ether oxygens (including phenoxy) is 2. The monoisotopic (exact) mass is 595 g/mol. The van der Waals surface area contributed by atoms with Crippen molar-refractivity contribution in [2.24, 2.45) is 5.10 Å². The van der Waals surface area contributed by atoms with Crippen LogP contribution in [0.5, 0.6) is 17.2 Å². The lowest BCUT2D eigenvalue weighted by molar-refractivity contribution is -0.394. The van der Waals surface area contributed by atoms with Crippen LogP contribution >= 0.6 is 11.6 Å². The molecule has 0 aliphatic rings. The van der Waals surface area contributed by atoms with Crippen LogP contribution in [-0.4, -0.2) is 34.5 Å². The van der Waals surface area contributed by atoms with E-state index in [0.717, 1.165) is 30.5 Å². The van der Waals surface area contributed by atoms with Crippen LogP contribution in [0.15, 0.2) is 59.7 Å². The van der Waals surface area contributed by atoms with Crippen LogP contribution in [0.1, 0.15) is 18.1 Å². The highest BCUT2D eigenvalue weighted by atomic mass is 35.5. The molecule has 0 heterocycles. The third-order valence-corrected chi connectivity index (χ3v) is 5.29. The van der Waals surface area contributed by atoms with Gasteiger partial charge in [-0.1, -0.05) is 11.6 Å². The second kappa shape index (κ2) is 12.7. The largest absolute Gasteiger partial charge is 0.490 e. The van der Waals surface area contributed by atoms with Crippen molar-refractivity contribution in [3.8, 4) is 17.2 Å². The Balaban J connectivity index is 1.73. The Morgan fingerprint density at radius 2 is 1.68 bits per heavy atom. The summed E-state index contributed by atoms with van der Waals surface area (Å²) in [4.78, 5) is 44.9. The maximum atomic E-state index is 12.9. The Hall–Kier alpha value is -5.25. The quantitative estimate of drug-likeness (QED) is 0.142. The number of hydrazone groups is 1. The van der Waals surface area contributed by atoms with E-state index in [2.05, 4.69) is 5.10 Å². The number of amides is 2. The summed E-state index contributed by atoms with van der Waals surface area (Å²) in [6.07, 6.45) is -3.60. The molecule has 2 amide bonds.